The van der Waals surface area contributed by atoms with Crippen LogP contribution in [-0.2, 0) is 0 Å². The summed E-state index contributed by atoms with van der Waals surface area (Å²) in [5.74, 6) is 0. The zero-order valence-electron chi connectivity index (χ0n) is 16.5. The molecule has 4 atom stereocenters. The van der Waals surface area contributed by atoms with Crippen LogP contribution in [0.25, 0.3) is 0 Å². The number of hydrogen-bond donors (Lipinski definition) is 0. The fourth-order valence-electron chi connectivity index (χ4n) is 5.13. The molecular weight excluding hydrogens is 374 g/mol. The number of allylic oxidation sites excluding steroid dienone is 2. The van der Waals surface area contributed by atoms with Crippen LogP contribution in [0.3, 0.4) is 0 Å². The first-order valence-electron chi connectivity index (χ1n) is 10.2. The normalized spacial score (nSPS) is 26.2. The van der Waals surface area contributed by atoms with E-state index in [2.05, 4.69) is 105 Å². The van der Waals surface area contributed by atoms with E-state index < -0.39 is 0 Å². The lowest BCUT2D eigenvalue weighted by Gasteiger charge is -2.33. The Kier molecular flexibility index (Phi) is 4.96. The van der Waals surface area contributed by atoms with Crippen LogP contribution >= 0.6 is 15.8 Å². The van der Waals surface area contributed by atoms with E-state index in [9.17, 15) is 0 Å². The van der Waals surface area contributed by atoms with Crippen LogP contribution in [0.15, 0.2) is 102 Å². The van der Waals surface area contributed by atoms with Crippen molar-refractivity contribution in [2.45, 2.75) is 37.2 Å². The van der Waals surface area contributed by atoms with Crippen LogP contribution in [-0.4, -0.2) is 17.0 Å². The first kappa shape index (κ1) is 18.3. The van der Waals surface area contributed by atoms with Crippen molar-refractivity contribution < 1.29 is 0 Å². The zero-order chi connectivity index (χ0) is 19.1. The van der Waals surface area contributed by atoms with Crippen LogP contribution in [0, 0.1) is 0 Å². The summed E-state index contributed by atoms with van der Waals surface area (Å²) in [6, 6.07) is 34.0. The Labute approximate surface area is 171 Å². The van der Waals surface area contributed by atoms with Crippen LogP contribution in [0.1, 0.15) is 20.3 Å². The summed E-state index contributed by atoms with van der Waals surface area (Å²) in [6.07, 6.45) is 1.35. The van der Waals surface area contributed by atoms with E-state index in [0.29, 0.717) is 0 Å². The fourth-order valence-corrected chi connectivity index (χ4v) is 12.9. The van der Waals surface area contributed by atoms with E-state index >= 15 is 0 Å². The van der Waals surface area contributed by atoms with Gasteiger partial charge in [0.15, 0.2) is 0 Å². The van der Waals surface area contributed by atoms with E-state index in [1.165, 1.54) is 17.0 Å². The first-order chi connectivity index (χ1) is 13.8. The maximum absolute atomic E-state index is 2.42. The molecule has 2 heterocycles. The molecular formula is C26H26P2. The molecule has 0 N–H and O–H groups in total. The highest BCUT2D eigenvalue weighted by Gasteiger charge is 2.53. The Balaban J connectivity index is 1.61. The molecule has 5 rings (SSSR count). The van der Waals surface area contributed by atoms with E-state index in [0.717, 1.165) is 17.0 Å². The van der Waals surface area contributed by atoms with E-state index in [-0.39, 0.29) is 15.8 Å². The summed E-state index contributed by atoms with van der Waals surface area (Å²) in [7, 11) is -0.488. The highest BCUT2D eigenvalue weighted by atomic mass is 31.1. The van der Waals surface area contributed by atoms with Gasteiger partial charge in [0.05, 0.1) is 0 Å². The van der Waals surface area contributed by atoms with Crippen molar-refractivity contribution in [2.24, 2.45) is 0 Å². The Morgan fingerprint density at radius 1 is 0.679 bits per heavy atom. The predicted octanol–water partition coefficient (Wildman–Crippen LogP) is 5.79. The van der Waals surface area contributed by atoms with Gasteiger partial charge < -0.3 is 0 Å². The van der Waals surface area contributed by atoms with Crippen molar-refractivity contribution in [1.29, 1.82) is 0 Å². The summed E-state index contributed by atoms with van der Waals surface area (Å²) in [5.41, 5.74) is 5.63. The van der Waals surface area contributed by atoms with E-state index in [1.807, 2.05) is 0 Å². The summed E-state index contributed by atoms with van der Waals surface area (Å²) in [4.78, 5) is 0. The largest absolute Gasteiger partial charge is 0.0660 e. The minimum Gasteiger partial charge on any atom is -0.0660 e. The van der Waals surface area contributed by atoms with E-state index in [4.69, 9.17) is 0 Å². The van der Waals surface area contributed by atoms with Gasteiger partial charge in [0.2, 0.25) is 0 Å². The minimum absolute atomic E-state index is 0.141. The van der Waals surface area contributed by atoms with Crippen molar-refractivity contribution >= 4 is 31.8 Å². The van der Waals surface area contributed by atoms with Gasteiger partial charge in [0, 0.05) is 11.3 Å². The summed E-state index contributed by atoms with van der Waals surface area (Å²) in [5, 5.41) is 4.67. The average Bonchev–Trinajstić information content (AvgIpc) is 3.25. The molecule has 0 aliphatic carbocycles. The lowest BCUT2D eigenvalue weighted by Crippen LogP contribution is -2.30. The Hall–Kier alpha value is -1.74. The molecule has 0 aromatic heterocycles. The molecule has 2 bridgehead atoms. The van der Waals surface area contributed by atoms with Crippen molar-refractivity contribution in [1.82, 2.24) is 0 Å². The lowest BCUT2D eigenvalue weighted by atomic mass is 9.94. The van der Waals surface area contributed by atoms with Crippen LogP contribution in [0.2, 0.25) is 0 Å². The molecule has 1 saturated heterocycles. The molecule has 0 radical (unpaired) electrons. The number of benzene rings is 3. The highest BCUT2D eigenvalue weighted by molar-refractivity contribution is 7.76. The number of rotatable bonds is 4. The van der Waals surface area contributed by atoms with Crippen LogP contribution in [0.5, 0.6) is 0 Å². The third-order valence-corrected chi connectivity index (χ3v) is 13.1. The molecule has 2 heteroatoms. The third-order valence-electron chi connectivity index (χ3n) is 6.48. The standard InChI is InChI=1S/C26H26P2/c1-19-20(2)26-25(18-24(19)28(26)23-16-10-5-11-17-23)27(21-12-6-3-7-13-21)22-14-8-4-9-15-22/h3-17,24-26H,18H2,1-2H3. The second-order valence-corrected chi connectivity index (χ2v) is 12.9. The molecule has 0 saturated carbocycles. The molecule has 4 unspecified atom stereocenters. The molecule has 28 heavy (non-hydrogen) atoms. The second kappa shape index (κ2) is 7.59. The minimum atomic E-state index is -0.347. The van der Waals surface area contributed by atoms with Gasteiger partial charge in [0.1, 0.15) is 0 Å². The Bertz CT molecular complexity index is 939. The zero-order valence-corrected chi connectivity index (χ0v) is 18.3. The number of hydrogen-bond acceptors (Lipinski definition) is 0. The molecule has 3 aromatic rings. The van der Waals surface area contributed by atoms with Gasteiger partial charge in [-0.15, -0.1) is 0 Å². The Morgan fingerprint density at radius 3 is 1.71 bits per heavy atom. The summed E-state index contributed by atoms with van der Waals surface area (Å²) in [6.45, 7) is 4.83. The lowest BCUT2D eigenvalue weighted by molar-refractivity contribution is 0.756. The topological polar surface area (TPSA) is 0 Å². The van der Waals surface area contributed by atoms with Crippen LogP contribution < -0.4 is 15.9 Å². The SMILES string of the molecule is CC1=C(C)C2C(P(c3ccccc3)c3ccccc3)CC1P2c1ccccc1. The van der Waals surface area contributed by atoms with Gasteiger partial charge in [0.25, 0.3) is 0 Å². The molecule has 2 aliphatic rings. The molecule has 0 amide bonds. The van der Waals surface area contributed by atoms with Crippen molar-refractivity contribution in [3.8, 4) is 0 Å². The second-order valence-electron chi connectivity index (χ2n) is 7.91. The molecule has 1 fully saturated rings. The molecule has 0 spiro atoms. The molecule has 0 nitrogen and oxygen atoms in total. The number of fused-ring (bicyclic) bond motifs is 2. The predicted molar refractivity (Wildman–Crippen MR) is 126 cm³/mol. The monoisotopic (exact) mass is 400 g/mol. The summed E-state index contributed by atoms with van der Waals surface area (Å²) < 4.78 is 0. The van der Waals surface area contributed by atoms with Gasteiger partial charge in [-0.05, 0) is 49.8 Å². The van der Waals surface area contributed by atoms with E-state index in [1.54, 1.807) is 16.5 Å². The van der Waals surface area contributed by atoms with Gasteiger partial charge in [-0.1, -0.05) is 110 Å². The van der Waals surface area contributed by atoms with Gasteiger partial charge in [-0.2, -0.15) is 0 Å². The smallest absolute Gasteiger partial charge is 0.0120 e. The highest BCUT2D eigenvalue weighted by Crippen LogP contribution is 2.70. The summed E-state index contributed by atoms with van der Waals surface area (Å²) >= 11 is 0. The average molecular weight is 400 g/mol. The molecule has 3 aromatic carbocycles. The maximum Gasteiger partial charge on any atom is 0.0120 e. The van der Waals surface area contributed by atoms with Crippen molar-refractivity contribution in [3.05, 3.63) is 102 Å². The van der Waals surface area contributed by atoms with Gasteiger partial charge in [-0.25, -0.2) is 0 Å². The fraction of sp³-hybridized carbons (Fsp3) is 0.231. The molecule has 140 valence electrons. The van der Waals surface area contributed by atoms with Gasteiger partial charge >= 0.3 is 0 Å². The van der Waals surface area contributed by atoms with Gasteiger partial charge in [-0.3, -0.25) is 0 Å². The van der Waals surface area contributed by atoms with Crippen LogP contribution in [0.4, 0.5) is 0 Å². The Morgan fingerprint density at radius 2 is 1.18 bits per heavy atom. The third kappa shape index (κ3) is 2.99. The molecule has 2 aliphatic heterocycles. The maximum atomic E-state index is 2.42. The van der Waals surface area contributed by atoms with Crippen molar-refractivity contribution in [2.75, 3.05) is 0 Å². The first-order valence-corrected chi connectivity index (χ1v) is 13.0. The quantitative estimate of drug-likeness (QED) is 0.384. The van der Waals surface area contributed by atoms with Crippen molar-refractivity contribution in [3.63, 3.8) is 0 Å².